The fourth-order valence-corrected chi connectivity index (χ4v) is 1.25. The average molecular weight is 265 g/mol. The van der Waals surface area contributed by atoms with E-state index in [9.17, 15) is 0 Å². The molecule has 0 atom stereocenters. The molecule has 16 heavy (non-hydrogen) atoms. The molecule has 0 amide bonds. The SMILES string of the molecule is CC(C)N(C)Cc1ccc(CN)cc1.Cl.Cl. The van der Waals surface area contributed by atoms with Gasteiger partial charge in [0.15, 0.2) is 0 Å². The van der Waals surface area contributed by atoms with Crippen LogP contribution in [-0.2, 0) is 13.1 Å². The molecule has 94 valence electrons. The summed E-state index contributed by atoms with van der Waals surface area (Å²) in [4.78, 5) is 2.32. The van der Waals surface area contributed by atoms with Crippen LogP contribution in [-0.4, -0.2) is 18.0 Å². The standard InChI is InChI=1S/C12H20N2.2ClH/c1-10(2)14(3)9-12-6-4-11(8-13)5-7-12;;/h4-7,10H,8-9,13H2,1-3H3;2*1H. The predicted molar refractivity (Wildman–Crippen MR) is 75.4 cm³/mol. The molecule has 2 N–H and O–H groups in total. The van der Waals surface area contributed by atoms with Gasteiger partial charge in [0.05, 0.1) is 0 Å². The fourth-order valence-electron chi connectivity index (χ4n) is 1.25. The zero-order valence-electron chi connectivity index (χ0n) is 10.1. The van der Waals surface area contributed by atoms with Crippen LogP contribution in [0.1, 0.15) is 25.0 Å². The van der Waals surface area contributed by atoms with Gasteiger partial charge in [-0.2, -0.15) is 0 Å². The lowest BCUT2D eigenvalue weighted by atomic mass is 10.1. The minimum atomic E-state index is 0. The Balaban J connectivity index is 0. The first-order valence-electron chi connectivity index (χ1n) is 5.11. The number of benzene rings is 1. The van der Waals surface area contributed by atoms with Gasteiger partial charge in [0.25, 0.3) is 0 Å². The quantitative estimate of drug-likeness (QED) is 0.907. The van der Waals surface area contributed by atoms with E-state index in [2.05, 4.69) is 50.1 Å². The van der Waals surface area contributed by atoms with Gasteiger partial charge >= 0.3 is 0 Å². The molecule has 2 nitrogen and oxygen atoms in total. The molecule has 0 saturated heterocycles. The Hall–Kier alpha value is -0.280. The Kier molecular flexibility index (Phi) is 9.98. The molecule has 0 aliphatic rings. The summed E-state index contributed by atoms with van der Waals surface area (Å²) < 4.78 is 0. The Morgan fingerprint density at radius 2 is 1.50 bits per heavy atom. The summed E-state index contributed by atoms with van der Waals surface area (Å²) in [5, 5.41) is 0. The molecule has 0 aliphatic carbocycles. The molecule has 0 bridgehead atoms. The number of nitrogens with two attached hydrogens (primary N) is 1. The monoisotopic (exact) mass is 264 g/mol. The minimum absolute atomic E-state index is 0. The maximum atomic E-state index is 5.54. The van der Waals surface area contributed by atoms with Gasteiger partial charge in [0.2, 0.25) is 0 Å². The van der Waals surface area contributed by atoms with Crippen molar-refractivity contribution < 1.29 is 0 Å². The molecule has 4 heteroatoms. The van der Waals surface area contributed by atoms with E-state index >= 15 is 0 Å². The summed E-state index contributed by atoms with van der Waals surface area (Å²) in [6.07, 6.45) is 0. The first-order chi connectivity index (χ1) is 6.63. The molecule has 0 aliphatic heterocycles. The van der Waals surface area contributed by atoms with E-state index in [4.69, 9.17) is 5.73 Å². The molecule has 1 aromatic rings. The van der Waals surface area contributed by atoms with Crippen LogP contribution in [0.4, 0.5) is 0 Å². The third-order valence-corrected chi connectivity index (χ3v) is 2.57. The predicted octanol–water partition coefficient (Wildman–Crippen LogP) is 2.83. The number of hydrogen-bond donors (Lipinski definition) is 1. The summed E-state index contributed by atoms with van der Waals surface area (Å²) in [5.74, 6) is 0. The van der Waals surface area contributed by atoms with E-state index in [0.717, 1.165) is 6.54 Å². The van der Waals surface area contributed by atoms with Crippen LogP contribution in [0.2, 0.25) is 0 Å². The molecule has 0 fully saturated rings. The summed E-state index contributed by atoms with van der Waals surface area (Å²) in [6, 6.07) is 9.10. The topological polar surface area (TPSA) is 29.3 Å². The highest BCUT2D eigenvalue weighted by Gasteiger charge is 2.03. The van der Waals surface area contributed by atoms with E-state index in [0.29, 0.717) is 12.6 Å². The molecular formula is C12H22Cl2N2. The highest BCUT2D eigenvalue weighted by molar-refractivity contribution is 5.85. The molecular weight excluding hydrogens is 243 g/mol. The maximum Gasteiger partial charge on any atom is 0.0233 e. The van der Waals surface area contributed by atoms with Crippen molar-refractivity contribution in [2.45, 2.75) is 33.0 Å². The summed E-state index contributed by atoms with van der Waals surface area (Å²) in [7, 11) is 2.14. The van der Waals surface area contributed by atoms with Gasteiger partial charge in [0, 0.05) is 19.1 Å². The van der Waals surface area contributed by atoms with Gasteiger partial charge in [-0.25, -0.2) is 0 Å². The largest absolute Gasteiger partial charge is 0.326 e. The number of rotatable bonds is 4. The van der Waals surface area contributed by atoms with Gasteiger partial charge in [0.1, 0.15) is 0 Å². The third-order valence-electron chi connectivity index (χ3n) is 2.57. The van der Waals surface area contributed by atoms with Crippen LogP contribution in [0.3, 0.4) is 0 Å². The van der Waals surface area contributed by atoms with Crippen LogP contribution < -0.4 is 5.73 Å². The van der Waals surface area contributed by atoms with Gasteiger partial charge in [-0.1, -0.05) is 24.3 Å². The fraction of sp³-hybridized carbons (Fsp3) is 0.500. The second-order valence-electron chi connectivity index (χ2n) is 4.03. The van der Waals surface area contributed by atoms with Crippen LogP contribution in [0.25, 0.3) is 0 Å². The van der Waals surface area contributed by atoms with Crippen LogP contribution in [0.5, 0.6) is 0 Å². The van der Waals surface area contributed by atoms with Gasteiger partial charge < -0.3 is 5.73 Å². The zero-order valence-corrected chi connectivity index (χ0v) is 11.8. The molecule has 0 unspecified atom stereocenters. The normalized spacial score (nSPS) is 9.88. The first-order valence-corrected chi connectivity index (χ1v) is 5.11. The molecule has 0 saturated carbocycles. The van der Waals surface area contributed by atoms with E-state index < -0.39 is 0 Å². The molecule has 1 rings (SSSR count). The van der Waals surface area contributed by atoms with Crippen molar-refractivity contribution in [1.29, 1.82) is 0 Å². The van der Waals surface area contributed by atoms with Crippen LogP contribution in [0, 0.1) is 0 Å². The highest BCUT2D eigenvalue weighted by Crippen LogP contribution is 2.07. The lowest BCUT2D eigenvalue weighted by Crippen LogP contribution is -2.25. The zero-order chi connectivity index (χ0) is 10.6. The van der Waals surface area contributed by atoms with Crippen molar-refractivity contribution in [1.82, 2.24) is 4.90 Å². The number of hydrogen-bond acceptors (Lipinski definition) is 2. The Bertz CT molecular complexity index is 273. The van der Waals surface area contributed by atoms with Crippen molar-refractivity contribution >= 4 is 24.8 Å². The van der Waals surface area contributed by atoms with E-state index in [1.165, 1.54) is 11.1 Å². The molecule has 0 heterocycles. The summed E-state index contributed by atoms with van der Waals surface area (Å²) in [6.45, 7) is 6.03. The number of halogens is 2. The Morgan fingerprint density at radius 3 is 1.88 bits per heavy atom. The molecule has 0 aromatic heterocycles. The van der Waals surface area contributed by atoms with Gasteiger partial charge in [-0.3, -0.25) is 4.90 Å². The highest BCUT2D eigenvalue weighted by atomic mass is 35.5. The van der Waals surface area contributed by atoms with Crippen LogP contribution in [0.15, 0.2) is 24.3 Å². The molecule has 0 spiro atoms. The molecule has 0 radical (unpaired) electrons. The lowest BCUT2D eigenvalue weighted by molar-refractivity contribution is 0.266. The maximum absolute atomic E-state index is 5.54. The van der Waals surface area contributed by atoms with Crippen LogP contribution >= 0.6 is 24.8 Å². The second kappa shape index (κ2) is 8.82. The Labute approximate surface area is 111 Å². The van der Waals surface area contributed by atoms with E-state index in [1.54, 1.807) is 0 Å². The van der Waals surface area contributed by atoms with Crippen molar-refractivity contribution in [2.24, 2.45) is 5.73 Å². The first kappa shape index (κ1) is 18.1. The molecule has 1 aromatic carbocycles. The van der Waals surface area contributed by atoms with Crippen molar-refractivity contribution in [3.05, 3.63) is 35.4 Å². The Morgan fingerprint density at radius 1 is 1.06 bits per heavy atom. The number of nitrogens with zero attached hydrogens (tertiary/aromatic N) is 1. The summed E-state index contributed by atoms with van der Waals surface area (Å²) in [5.41, 5.74) is 8.08. The average Bonchev–Trinajstić information content (AvgIpc) is 2.19. The second-order valence-corrected chi connectivity index (χ2v) is 4.03. The van der Waals surface area contributed by atoms with Crippen molar-refractivity contribution in [2.75, 3.05) is 7.05 Å². The minimum Gasteiger partial charge on any atom is -0.326 e. The van der Waals surface area contributed by atoms with Gasteiger partial charge in [-0.05, 0) is 32.0 Å². The summed E-state index contributed by atoms with van der Waals surface area (Å²) >= 11 is 0. The van der Waals surface area contributed by atoms with Gasteiger partial charge in [-0.15, -0.1) is 24.8 Å². The lowest BCUT2D eigenvalue weighted by Gasteiger charge is -2.20. The third kappa shape index (κ3) is 5.71. The van der Waals surface area contributed by atoms with Crippen molar-refractivity contribution in [3.8, 4) is 0 Å². The smallest absolute Gasteiger partial charge is 0.0233 e. The van der Waals surface area contributed by atoms with E-state index in [-0.39, 0.29) is 24.8 Å². The van der Waals surface area contributed by atoms with E-state index in [1.807, 2.05) is 0 Å². The van der Waals surface area contributed by atoms with Crippen molar-refractivity contribution in [3.63, 3.8) is 0 Å².